The van der Waals surface area contributed by atoms with Crippen molar-refractivity contribution in [2.24, 2.45) is 5.92 Å². The first kappa shape index (κ1) is 14.8. The van der Waals surface area contributed by atoms with Crippen LogP contribution >= 0.6 is 0 Å². The van der Waals surface area contributed by atoms with E-state index in [2.05, 4.69) is 11.8 Å². The molecule has 0 saturated carbocycles. The van der Waals surface area contributed by atoms with Gasteiger partial charge in [-0.05, 0) is 30.9 Å². The van der Waals surface area contributed by atoms with E-state index >= 15 is 0 Å². The fourth-order valence-electron chi connectivity index (χ4n) is 3.41. The number of benzene rings is 1. The van der Waals surface area contributed by atoms with E-state index in [9.17, 15) is 10.2 Å². The molecule has 1 saturated heterocycles. The van der Waals surface area contributed by atoms with E-state index in [-0.39, 0.29) is 11.8 Å². The van der Waals surface area contributed by atoms with E-state index in [0.29, 0.717) is 0 Å². The number of aromatic nitrogens is 1. The summed E-state index contributed by atoms with van der Waals surface area (Å²) < 4.78 is 1.49. The van der Waals surface area contributed by atoms with Gasteiger partial charge in [-0.1, -0.05) is 38.0 Å². The minimum absolute atomic E-state index is 0.0781. The maximum absolute atomic E-state index is 10.5. The molecular formula is C18H24N2O2. The van der Waals surface area contributed by atoms with Gasteiger partial charge in [0.25, 0.3) is 0 Å². The molecule has 1 aliphatic rings. The number of anilines is 1. The Hall–Kier alpha value is -2.10. The first-order valence-corrected chi connectivity index (χ1v) is 8.14. The van der Waals surface area contributed by atoms with Crippen molar-refractivity contribution in [3.8, 4) is 17.4 Å². The SMILES string of the molecule is CCCC1CCN(c2cc(O)n(-c3ccccc3)c2O)CC1. The Bertz CT molecular complexity index is 614. The normalized spacial score (nSPS) is 16.1. The van der Waals surface area contributed by atoms with E-state index < -0.39 is 0 Å². The minimum atomic E-state index is 0.0781. The van der Waals surface area contributed by atoms with Crippen LogP contribution in [0.1, 0.15) is 32.6 Å². The van der Waals surface area contributed by atoms with Gasteiger partial charge in [0.1, 0.15) is 5.69 Å². The first-order chi connectivity index (χ1) is 10.7. The van der Waals surface area contributed by atoms with Crippen LogP contribution < -0.4 is 4.90 Å². The van der Waals surface area contributed by atoms with Gasteiger partial charge in [-0.15, -0.1) is 0 Å². The molecule has 0 unspecified atom stereocenters. The number of para-hydroxylation sites is 1. The first-order valence-electron chi connectivity index (χ1n) is 8.14. The maximum atomic E-state index is 10.5. The van der Waals surface area contributed by atoms with Crippen LogP contribution in [0.15, 0.2) is 36.4 Å². The number of rotatable bonds is 4. The van der Waals surface area contributed by atoms with Gasteiger partial charge in [0.05, 0.1) is 5.69 Å². The van der Waals surface area contributed by atoms with Crippen LogP contribution in [0.2, 0.25) is 0 Å². The van der Waals surface area contributed by atoms with E-state index in [4.69, 9.17) is 0 Å². The predicted molar refractivity (Wildman–Crippen MR) is 88.9 cm³/mol. The topological polar surface area (TPSA) is 48.6 Å². The van der Waals surface area contributed by atoms with Crippen molar-refractivity contribution in [3.05, 3.63) is 36.4 Å². The molecule has 2 aromatic rings. The molecule has 2 heterocycles. The summed E-state index contributed by atoms with van der Waals surface area (Å²) in [7, 11) is 0. The summed E-state index contributed by atoms with van der Waals surface area (Å²) in [4.78, 5) is 2.18. The molecule has 4 heteroatoms. The fourth-order valence-corrected chi connectivity index (χ4v) is 3.41. The zero-order valence-electron chi connectivity index (χ0n) is 13.1. The number of nitrogens with zero attached hydrogens (tertiary/aromatic N) is 2. The molecule has 0 bridgehead atoms. The van der Waals surface area contributed by atoms with E-state index in [1.54, 1.807) is 6.07 Å². The Labute approximate surface area is 131 Å². The van der Waals surface area contributed by atoms with Crippen LogP contribution in [-0.4, -0.2) is 27.9 Å². The monoisotopic (exact) mass is 300 g/mol. The molecular weight excluding hydrogens is 276 g/mol. The lowest BCUT2D eigenvalue weighted by molar-refractivity contribution is 0.373. The lowest BCUT2D eigenvalue weighted by Gasteiger charge is -2.32. The Morgan fingerprint density at radius 2 is 1.77 bits per heavy atom. The van der Waals surface area contributed by atoms with Gasteiger partial charge in [-0.2, -0.15) is 0 Å². The zero-order valence-corrected chi connectivity index (χ0v) is 13.1. The lowest BCUT2D eigenvalue weighted by Crippen LogP contribution is -2.33. The standard InChI is InChI=1S/C18H24N2O2/c1-2-6-14-9-11-19(12-10-14)16-13-17(21)20(18(16)22)15-7-4-3-5-8-15/h3-5,7-8,13-14,21-22H,2,6,9-12H2,1H3. The minimum Gasteiger partial charge on any atom is -0.494 e. The number of hydrogen-bond donors (Lipinski definition) is 2. The number of piperidine rings is 1. The summed E-state index contributed by atoms with van der Waals surface area (Å²) in [6.45, 7) is 4.11. The summed E-state index contributed by atoms with van der Waals surface area (Å²) in [6, 6.07) is 11.1. The van der Waals surface area contributed by atoms with Crippen LogP contribution in [0.5, 0.6) is 11.8 Å². The van der Waals surface area contributed by atoms with Crippen molar-refractivity contribution in [3.63, 3.8) is 0 Å². The average molecular weight is 300 g/mol. The zero-order chi connectivity index (χ0) is 15.5. The molecule has 4 nitrogen and oxygen atoms in total. The molecule has 0 spiro atoms. The molecule has 1 aliphatic heterocycles. The quantitative estimate of drug-likeness (QED) is 0.900. The highest BCUT2D eigenvalue weighted by Crippen LogP contribution is 2.39. The Balaban J connectivity index is 1.82. The molecule has 118 valence electrons. The highest BCUT2D eigenvalue weighted by molar-refractivity contribution is 5.63. The van der Waals surface area contributed by atoms with Crippen LogP contribution in [0, 0.1) is 5.92 Å². The number of aromatic hydroxyl groups is 2. The van der Waals surface area contributed by atoms with Crippen molar-refractivity contribution in [1.29, 1.82) is 0 Å². The van der Waals surface area contributed by atoms with Gasteiger partial charge >= 0.3 is 0 Å². The van der Waals surface area contributed by atoms with Crippen molar-refractivity contribution < 1.29 is 10.2 Å². The van der Waals surface area contributed by atoms with Crippen molar-refractivity contribution >= 4 is 5.69 Å². The van der Waals surface area contributed by atoms with Crippen LogP contribution in [0.3, 0.4) is 0 Å². The average Bonchev–Trinajstić information content (AvgIpc) is 2.84. The highest BCUT2D eigenvalue weighted by atomic mass is 16.3. The van der Waals surface area contributed by atoms with Crippen LogP contribution in [0.4, 0.5) is 5.69 Å². The largest absolute Gasteiger partial charge is 0.494 e. The second-order valence-corrected chi connectivity index (χ2v) is 6.10. The Morgan fingerprint density at radius 3 is 2.41 bits per heavy atom. The van der Waals surface area contributed by atoms with Crippen molar-refractivity contribution in [1.82, 2.24) is 4.57 Å². The van der Waals surface area contributed by atoms with Crippen molar-refractivity contribution in [2.45, 2.75) is 32.6 Å². The molecule has 0 amide bonds. The van der Waals surface area contributed by atoms with Gasteiger partial charge < -0.3 is 15.1 Å². The smallest absolute Gasteiger partial charge is 0.223 e. The second-order valence-electron chi connectivity index (χ2n) is 6.10. The molecule has 22 heavy (non-hydrogen) atoms. The highest BCUT2D eigenvalue weighted by Gasteiger charge is 2.24. The van der Waals surface area contributed by atoms with Gasteiger partial charge in [-0.25, -0.2) is 4.57 Å². The summed E-state index contributed by atoms with van der Waals surface area (Å²) >= 11 is 0. The molecule has 3 rings (SSSR count). The molecule has 2 N–H and O–H groups in total. The van der Waals surface area contributed by atoms with Gasteiger partial charge in [0.2, 0.25) is 11.8 Å². The molecule has 0 aliphatic carbocycles. The van der Waals surface area contributed by atoms with Crippen molar-refractivity contribution in [2.75, 3.05) is 18.0 Å². The van der Waals surface area contributed by atoms with Gasteiger partial charge in [0, 0.05) is 19.2 Å². The Kier molecular flexibility index (Phi) is 4.27. The lowest BCUT2D eigenvalue weighted by atomic mass is 9.92. The van der Waals surface area contributed by atoms with Crippen LogP contribution in [-0.2, 0) is 0 Å². The summed E-state index contributed by atoms with van der Waals surface area (Å²) in [6.07, 6.45) is 4.84. The fraction of sp³-hybridized carbons (Fsp3) is 0.444. The Morgan fingerprint density at radius 1 is 1.09 bits per heavy atom. The van der Waals surface area contributed by atoms with E-state index in [1.165, 1.54) is 17.4 Å². The molecule has 1 fully saturated rings. The molecule has 1 aromatic carbocycles. The van der Waals surface area contributed by atoms with Crippen LogP contribution in [0.25, 0.3) is 5.69 Å². The third kappa shape index (κ3) is 2.78. The summed E-state index contributed by atoms with van der Waals surface area (Å²) in [5.74, 6) is 1.00. The molecule has 0 atom stereocenters. The molecule has 0 radical (unpaired) electrons. The summed E-state index contributed by atoms with van der Waals surface area (Å²) in [5.41, 5.74) is 1.50. The third-order valence-electron chi connectivity index (χ3n) is 4.60. The second kappa shape index (κ2) is 6.34. The summed E-state index contributed by atoms with van der Waals surface area (Å²) in [5, 5.41) is 20.8. The van der Waals surface area contributed by atoms with Gasteiger partial charge in [-0.3, -0.25) is 0 Å². The third-order valence-corrected chi connectivity index (χ3v) is 4.60. The number of hydrogen-bond acceptors (Lipinski definition) is 3. The maximum Gasteiger partial charge on any atom is 0.223 e. The van der Waals surface area contributed by atoms with Gasteiger partial charge in [0.15, 0.2) is 0 Å². The molecule has 1 aromatic heterocycles. The van der Waals surface area contributed by atoms with E-state index in [0.717, 1.165) is 43.2 Å². The predicted octanol–water partition coefficient (Wildman–Crippen LogP) is 3.91. The van der Waals surface area contributed by atoms with E-state index in [1.807, 2.05) is 30.3 Å².